The number of rotatable bonds is 6. The molecule has 27 heavy (non-hydrogen) atoms. The Morgan fingerprint density at radius 1 is 1.22 bits per heavy atom. The van der Waals surface area contributed by atoms with Crippen molar-refractivity contribution in [3.63, 3.8) is 0 Å². The summed E-state index contributed by atoms with van der Waals surface area (Å²) in [4.78, 5) is 14.3. The van der Waals surface area contributed by atoms with Crippen LogP contribution in [0.25, 0.3) is 5.69 Å². The van der Waals surface area contributed by atoms with E-state index in [0.29, 0.717) is 42.7 Å². The van der Waals surface area contributed by atoms with Crippen LogP contribution < -0.4 is 10.9 Å². The lowest BCUT2D eigenvalue weighted by molar-refractivity contribution is 0.0171. The number of ether oxygens (including phenoxy) is 1. The number of anilines is 1. The van der Waals surface area contributed by atoms with E-state index in [1.165, 1.54) is 6.20 Å². The summed E-state index contributed by atoms with van der Waals surface area (Å²) in [5, 5.41) is 17.7. The van der Waals surface area contributed by atoms with Crippen LogP contribution in [0.1, 0.15) is 0 Å². The van der Waals surface area contributed by atoms with E-state index < -0.39 is 11.7 Å². The molecule has 1 aromatic heterocycles. The van der Waals surface area contributed by atoms with Crippen LogP contribution in [0.4, 0.5) is 5.69 Å². The van der Waals surface area contributed by atoms with Gasteiger partial charge >= 0.3 is 0 Å². The summed E-state index contributed by atoms with van der Waals surface area (Å²) in [5.41, 5.74) is 0.583. The standard InChI is InChI=1S/C17H19Cl3N4O3/c18-13-7-11(24-17(26)16(20)14(19)9-22-24)1-2-15(13)21-8-12(25)10-23-3-5-27-6-4-23/h1-2,7,9,12,21,25H,3-6,8,10H2. The molecule has 1 unspecified atom stereocenters. The average Bonchev–Trinajstić information content (AvgIpc) is 2.66. The summed E-state index contributed by atoms with van der Waals surface area (Å²) >= 11 is 18.0. The third kappa shape index (κ3) is 5.13. The number of β-amino-alcohol motifs (C(OH)–C–C–N with tert-alkyl or cyclic N) is 1. The SMILES string of the molecule is O=c1c(Cl)c(Cl)cnn1-c1ccc(NCC(O)CN2CCOCC2)c(Cl)c1. The molecule has 0 saturated carbocycles. The molecule has 1 aromatic carbocycles. The quantitative estimate of drug-likeness (QED) is 0.728. The van der Waals surface area contributed by atoms with Crippen molar-refractivity contribution in [2.24, 2.45) is 0 Å². The van der Waals surface area contributed by atoms with Gasteiger partial charge in [-0.25, -0.2) is 0 Å². The van der Waals surface area contributed by atoms with Crippen LogP contribution in [0.15, 0.2) is 29.2 Å². The highest BCUT2D eigenvalue weighted by molar-refractivity contribution is 6.41. The molecular weight excluding hydrogens is 415 g/mol. The topological polar surface area (TPSA) is 79.6 Å². The van der Waals surface area contributed by atoms with Gasteiger partial charge in [0.05, 0.1) is 46.9 Å². The third-order valence-electron chi connectivity index (χ3n) is 4.17. The van der Waals surface area contributed by atoms with Gasteiger partial charge in [-0.05, 0) is 18.2 Å². The highest BCUT2D eigenvalue weighted by Crippen LogP contribution is 2.25. The first-order valence-corrected chi connectivity index (χ1v) is 9.54. The Bertz CT molecular complexity index is 856. The fourth-order valence-electron chi connectivity index (χ4n) is 2.75. The van der Waals surface area contributed by atoms with E-state index in [-0.39, 0.29) is 10.0 Å². The summed E-state index contributed by atoms with van der Waals surface area (Å²) in [7, 11) is 0. The molecule has 0 radical (unpaired) electrons. The molecule has 1 atom stereocenters. The Labute approximate surface area is 171 Å². The van der Waals surface area contributed by atoms with E-state index in [0.717, 1.165) is 17.8 Å². The second kappa shape index (κ2) is 9.23. The van der Waals surface area contributed by atoms with Crippen molar-refractivity contribution in [2.45, 2.75) is 6.10 Å². The van der Waals surface area contributed by atoms with Gasteiger partial charge in [-0.2, -0.15) is 9.78 Å². The second-order valence-electron chi connectivity index (χ2n) is 6.14. The zero-order chi connectivity index (χ0) is 19.4. The third-order valence-corrected chi connectivity index (χ3v) is 5.24. The van der Waals surface area contributed by atoms with Crippen molar-refractivity contribution in [3.05, 3.63) is 49.8 Å². The van der Waals surface area contributed by atoms with Crippen molar-refractivity contribution in [1.29, 1.82) is 0 Å². The smallest absolute Gasteiger partial charge is 0.291 e. The molecule has 0 amide bonds. The molecular formula is C17H19Cl3N4O3. The molecule has 3 rings (SSSR count). The maximum absolute atomic E-state index is 12.2. The minimum absolute atomic E-state index is 0.0940. The number of aromatic nitrogens is 2. The van der Waals surface area contributed by atoms with Crippen LogP contribution in [0.5, 0.6) is 0 Å². The Morgan fingerprint density at radius 3 is 2.67 bits per heavy atom. The molecule has 1 fully saturated rings. The molecule has 1 aliphatic heterocycles. The molecule has 2 aromatic rings. The first kappa shape index (κ1) is 20.4. The van der Waals surface area contributed by atoms with Crippen LogP contribution in [0.3, 0.4) is 0 Å². The van der Waals surface area contributed by atoms with E-state index >= 15 is 0 Å². The normalized spacial score (nSPS) is 16.3. The molecule has 1 saturated heterocycles. The van der Waals surface area contributed by atoms with Gasteiger partial charge in [0.1, 0.15) is 5.02 Å². The summed E-state index contributed by atoms with van der Waals surface area (Å²) in [5.74, 6) is 0. The van der Waals surface area contributed by atoms with Gasteiger partial charge in [0.15, 0.2) is 0 Å². The van der Waals surface area contributed by atoms with Gasteiger partial charge in [-0.1, -0.05) is 34.8 Å². The molecule has 0 spiro atoms. The number of aliphatic hydroxyl groups is 1. The van der Waals surface area contributed by atoms with E-state index in [9.17, 15) is 9.90 Å². The Balaban J connectivity index is 1.65. The van der Waals surface area contributed by atoms with E-state index in [4.69, 9.17) is 39.5 Å². The fraction of sp³-hybridized carbons (Fsp3) is 0.412. The Morgan fingerprint density at radius 2 is 1.96 bits per heavy atom. The van der Waals surface area contributed by atoms with Gasteiger partial charge < -0.3 is 15.2 Å². The van der Waals surface area contributed by atoms with Gasteiger partial charge in [-0.3, -0.25) is 9.69 Å². The van der Waals surface area contributed by atoms with Crippen molar-refractivity contribution in [3.8, 4) is 5.69 Å². The number of aliphatic hydroxyl groups excluding tert-OH is 1. The van der Waals surface area contributed by atoms with E-state index in [1.807, 2.05) is 0 Å². The minimum Gasteiger partial charge on any atom is -0.390 e. The fourth-order valence-corrected chi connectivity index (χ4v) is 3.24. The summed E-state index contributed by atoms with van der Waals surface area (Å²) in [6.07, 6.45) is 0.756. The maximum Gasteiger partial charge on any atom is 0.291 e. The molecule has 146 valence electrons. The molecule has 0 aliphatic carbocycles. The van der Waals surface area contributed by atoms with Crippen molar-refractivity contribution < 1.29 is 9.84 Å². The highest BCUT2D eigenvalue weighted by Gasteiger charge is 2.15. The second-order valence-corrected chi connectivity index (χ2v) is 7.33. The van der Waals surface area contributed by atoms with Crippen molar-refractivity contribution in [2.75, 3.05) is 44.7 Å². The molecule has 10 heteroatoms. The number of hydrogen-bond donors (Lipinski definition) is 2. The molecule has 0 bridgehead atoms. The highest BCUT2D eigenvalue weighted by atomic mass is 35.5. The maximum atomic E-state index is 12.2. The lowest BCUT2D eigenvalue weighted by atomic mass is 10.2. The van der Waals surface area contributed by atoms with Crippen molar-refractivity contribution >= 4 is 40.5 Å². The average molecular weight is 434 g/mol. The van der Waals surface area contributed by atoms with Crippen molar-refractivity contribution in [1.82, 2.24) is 14.7 Å². The van der Waals surface area contributed by atoms with Gasteiger partial charge in [-0.15, -0.1) is 0 Å². The van der Waals surface area contributed by atoms with Crippen LogP contribution in [-0.2, 0) is 4.74 Å². The summed E-state index contributed by atoms with van der Waals surface area (Å²) in [6.45, 7) is 3.93. The molecule has 1 aliphatic rings. The van der Waals surface area contributed by atoms with Crippen LogP contribution in [-0.4, -0.2) is 65.3 Å². The van der Waals surface area contributed by atoms with Crippen LogP contribution in [0, 0.1) is 0 Å². The Hall–Kier alpha value is -1.35. The van der Waals surface area contributed by atoms with Gasteiger partial charge in [0.2, 0.25) is 0 Å². The lowest BCUT2D eigenvalue weighted by Crippen LogP contribution is -2.42. The molecule has 2 N–H and O–H groups in total. The lowest BCUT2D eigenvalue weighted by Gasteiger charge is -2.28. The number of morpholine rings is 1. The van der Waals surface area contributed by atoms with Crippen LogP contribution in [0.2, 0.25) is 15.1 Å². The summed E-state index contributed by atoms with van der Waals surface area (Å²) < 4.78 is 6.42. The molecule has 7 nitrogen and oxygen atoms in total. The van der Waals surface area contributed by atoms with Crippen LogP contribution >= 0.6 is 34.8 Å². The number of nitrogens with one attached hydrogen (secondary N) is 1. The van der Waals surface area contributed by atoms with E-state index in [2.05, 4.69) is 15.3 Å². The number of benzene rings is 1. The summed E-state index contributed by atoms with van der Waals surface area (Å²) in [6, 6.07) is 4.99. The zero-order valence-corrected chi connectivity index (χ0v) is 16.6. The van der Waals surface area contributed by atoms with Gasteiger partial charge in [0.25, 0.3) is 5.56 Å². The largest absolute Gasteiger partial charge is 0.390 e. The molecule has 2 heterocycles. The zero-order valence-electron chi connectivity index (χ0n) is 14.4. The predicted octanol–water partition coefficient (Wildman–Crippen LogP) is 2.30. The predicted molar refractivity (Wildman–Crippen MR) is 107 cm³/mol. The van der Waals surface area contributed by atoms with E-state index in [1.54, 1.807) is 18.2 Å². The minimum atomic E-state index is -0.543. The monoisotopic (exact) mass is 432 g/mol. The number of nitrogens with zero attached hydrogens (tertiary/aromatic N) is 3. The first-order chi connectivity index (χ1) is 13.0. The first-order valence-electron chi connectivity index (χ1n) is 8.41. The van der Waals surface area contributed by atoms with Gasteiger partial charge in [0, 0.05) is 26.2 Å². The Kier molecular flexibility index (Phi) is 6.97. The number of hydrogen-bond acceptors (Lipinski definition) is 6. The number of halogens is 3.